The van der Waals surface area contributed by atoms with Crippen LogP contribution in [0.2, 0.25) is 0 Å². The van der Waals surface area contributed by atoms with Crippen molar-refractivity contribution in [3.8, 4) is 17.0 Å². The maximum Gasteiger partial charge on any atom is 0.255 e. The van der Waals surface area contributed by atoms with Crippen LogP contribution in [-0.2, 0) is 4.79 Å². The number of fused-ring (bicyclic) bond motifs is 1. The molecule has 2 aromatic heterocycles. The first-order chi connectivity index (χ1) is 15.9. The maximum atomic E-state index is 12.7. The number of likely N-dealkylation sites (N-methyl/N-ethyl adjacent to an activating group) is 1. The molecule has 1 amide bonds. The standard InChI is InChI=1S/C21H24F2N8O2/c1-30-11-13(4-6-18(30)32)26-21-27-20(33-2)19-14(7-8-31(19)29-21)12-3-5-15(28-24)16(9-12)25-10-17(22)23/h3,5,7-9,13,17,24-25H,4,6,10-11H2,1-2H3,(H,26,29)/t13-/m0/s1. The van der Waals surface area contributed by atoms with Gasteiger partial charge in [0.2, 0.25) is 17.7 Å². The smallest absolute Gasteiger partial charge is 0.255 e. The molecule has 12 heteroatoms. The normalized spacial score (nSPS) is 16.3. The number of aromatic nitrogens is 3. The molecule has 174 valence electrons. The Labute approximate surface area is 188 Å². The molecule has 3 aromatic rings. The van der Waals surface area contributed by atoms with Gasteiger partial charge in [0.25, 0.3) is 6.43 Å². The van der Waals surface area contributed by atoms with Crippen molar-refractivity contribution >= 4 is 28.7 Å². The van der Waals surface area contributed by atoms with Gasteiger partial charge in [0.05, 0.1) is 19.3 Å². The fraction of sp³-hybridized carbons (Fsp3) is 0.381. The van der Waals surface area contributed by atoms with E-state index in [0.717, 1.165) is 5.56 Å². The summed E-state index contributed by atoms with van der Waals surface area (Å²) >= 11 is 0. The lowest BCUT2D eigenvalue weighted by Crippen LogP contribution is -2.43. The lowest BCUT2D eigenvalue weighted by molar-refractivity contribution is -0.132. The molecule has 0 spiro atoms. The molecule has 4 rings (SSSR count). The number of ether oxygens (including phenoxy) is 1. The quantitative estimate of drug-likeness (QED) is 0.442. The van der Waals surface area contributed by atoms with E-state index in [4.69, 9.17) is 10.3 Å². The highest BCUT2D eigenvalue weighted by atomic mass is 19.3. The SMILES string of the molecule is COc1nc(N[C@H]2CCC(=O)N(C)C2)nn2ccc(-c3ccc(N=N)c(NCC(F)F)c3)c12. The lowest BCUT2D eigenvalue weighted by atomic mass is 10.1. The van der Waals surface area contributed by atoms with Gasteiger partial charge >= 0.3 is 0 Å². The van der Waals surface area contributed by atoms with E-state index in [0.29, 0.717) is 48.0 Å². The average molecular weight is 458 g/mol. The summed E-state index contributed by atoms with van der Waals surface area (Å²) in [6, 6.07) is 6.84. The third-order valence-corrected chi connectivity index (χ3v) is 5.51. The molecule has 10 nitrogen and oxygen atoms in total. The summed E-state index contributed by atoms with van der Waals surface area (Å²) in [6.07, 6.45) is 0.366. The zero-order valence-corrected chi connectivity index (χ0v) is 18.2. The molecule has 1 aliphatic heterocycles. The number of carbonyl (C=O) groups excluding carboxylic acids is 1. The van der Waals surface area contributed by atoms with Crippen LogP contribution in [0.25, 0.3) is 16.6 Å². The molecule has 1 fully saturated rings. The van der Waals surface area contributed by atoms with Crippen molar-refractivity contribution in [2.24, 2.45) is 5.11 Å². The molecule has 1 atom stereocenters. The first-order valence-corrected chi connectivity index (χ1v) is 10.4. The van der Waals surface area contributed by atoms with E-state index in [1.54, 1.807) is 40.9 Å². The number of methoxy groups -OCH3 is 1. The molecule has 0 saturated carbocycles. The number of rotatable bonds is 8. The molecule has 1 aliphatic rings. The van der Waals surface area contributed by atoms with Gasteiger partial charge in [-0.05, 0) is 30.2 Å². The molecule has 1 saturated heterocycles. The van der Waals surface area contributed by atoms with E-state index in [9.17, 15) is 13.6 Å². The van der Waals surface area contributed by atoms with Crippen LogP contribution in [0.3, 0.4) is 0 Å². The number of likely N-dealkylation sites (tertiary alicyclic amines) is 1. The Morgan fingerprint density at radius 1 is 1.36 bits per heavy atom. The van der Waals surface area contributed by atoms with E-state index in [-0.39, 0.29) is 17.6 Å². The van der Waals surface area contributed by atoms with Crippen molar-refractivity contribution in [1.82, 2.24) is 19.5 Å². The number of nitrogens with one attached hydrogen (secondary N) is 3. The molecule has 0 bridgehead atoms. The highest BCUT2D eigenvalue weighted by Crippen LogP contribution is 2.36. The molecule has 1 aromatic carbocycles. The first-order valence-electron chi connectivity index (χ1n) is 10.4. The number of alkyl halides is 2. The van der Waals surface area contributed by atoms with Crippen LogP contribution < -0.4 is 15.4 Å². The Morgan fingerprint density at radius 2 is 2.18 bits per heavy atom. The summed E-state index contributed by atoms with van der Waals surface area (Å²) in [5.41, 5.74) is 9.92. The summed E-state index contributed by atoms with van der Waals surface area (Å²) in [6.45, 7) is 0.00711. The Morgan fingerprint density at radius 3 is 2.88 bits per heavy atom. The van der Waals surface area contributed by atoms with Gasteiger partial charge in [0.15, 0.2) is 0 Å². The van der Waals surface area contributed by atoms with Crippen molar-refractivity contribution in [2.45, 2.75) is 25.3 Å². The molecular weight excluding hydrogens is 434 g/mol. The van der Waals surface area contributed by atoms with Crippen LogP contribution in [0.1, 0.15) is 12.8 Å². The Hall–Kier alpha value is -3.83. The van der Waals surface area contributed by atoms with E-state index in [2.05, 4.69) is 25.8 Å². The minimum absolute atomic E-state index is 0.0227. The van der Waals surface area contributed by atoms with Crippen molar-refractivity contribution in [1.29, 1.82) is 5.53 Å². The number of benzene rings is 1. The maximum absolute atomic E-state index is 12.7. The monoisotopic (exact) mass is 458 g/mol. The van der Waals surface area contributed by atoms with Gasteiger partial charge in [-0.15, -0.1) is 5.10 Å². The van der Waals surface area contributed by atoms with Crippen molar-refractivity contribution in [2.75, 3.05) is 37.9 Å². The van der Waals surface area contributed by atoms with E-state index in [1.165, 1.54) is 7.11 Å². The van der Waals surface area contributed by atoms with E-state index in [1.807, 2.05) is 6.07 Å². The Bertz CT molecular complexity index is 1180. The van der Waals surface area contributed by atoms with Crippen LogP contribution in [-0.4, -0.2) is 65.1 Å². The molecule has 33 heavy (non-hydrogen) atoms. The van der Waals surface area contributed by atoms with Gasteiger partial charge < -0.3 is 20.3 Å². The van der Waals surface area contributed by atoms with Crippen LogP contribution in [0.4, 0.5) is 26.1 Å². The third-order valence-electron chi connectivity index (χ3n) is 5.51. The minimum Gasteiger partial charge on any atom is -0.479 e. The average Bonchev–Trinajstić information content (AvgIpc) is 3.23. The molecule has 3 N–H and O–H groups in total. The number of anilines is 2. The largest absolute Gasteiger partial charge is 0.479 e. The second-order valence-electron chi connectivity index (χ2n) is 7.74. The zero-order valence-electron chi connectivity index (χ0n) is 18.2. The number of halogens is 2. The number of piperidine rings is 1. The van der Waals surface area contributed by atoms with Crippen molar-refractivity contribution in [3.05, 3.63) is 30.5 Å². The molecule has 0 radical (unpaired) electrons. The second kappa shape index (κ2) is 9.35. The Balaban J connectivity index is 1.67. The topological polar surface area (TPSA) is 120 Å². The number of hydrogen-bond donors (Lipinski definition) is 3. The van der Waals surface area contributed by atoms with Crippen LogP contribution >= 0.6 is 0 Å². The van der Waals surface area contributed by atoms with Crippen LogP contribution in [0.5, 0.6) is 5.88 Å². The molecular formula is C21H24F2N8O2. The van der Waals surface area contributed by atoms with E-state index >= 15 is 0 Å². The van der Waals surface area contributed by atoms with Gasteiger partial charge in [-0.3, -0.25) is 4.79 Å². The summed E-state index contributed by atoms with van der Waals surface area (Å²) in [5, 5.41) is 13.8. The first kappa shape index (κ1) is 22.4. The second-order valence-corrected chi connectivity index (χ2v) is 7.74. The number of nitrogens with zero attached hydrogens (tertiary/aromatic N) is 5. The van der Waals surface area contributed by atoms with Gasteiger partial charge in [0, 0.05) is 37.8 Å². The highest BCUT2D eigenvalue weighted by molar-refractivity contribution is 5.87. The number of amides is 1. The number of carbonyl (C=O) groups is 1. The fourth-order valence-electron chi connectivity index (χ4n) is 3.87. The van der Waals surface area contributed by atoms with Crippen LogP contribution in [0.15, 0.2) is 35.6 Å². The predicted octanol–water partition coefficient (Wildman–Crippen LogP) is 3.78. The van der Waals surface area contributed by atoms with Gasteiger partial charge in [0.1, 0.15) is 11.2 Å². The summed E-state index contributed by atoms with van der Waals surface area (Å²) in [5.74, 6) is 0.824. The van der Waals surface area contributed by atoms with Crippen molar-refractivity contribution < 1.29 is 18.3 Å². The van der Waals surface area contributed by atoms with Gasteiger partial charge in [-0.1, -0.05) is 6.07 Å². The minimum atomic E-state index is -2.54. The summed E-state index contributed by atoms with van der Waals surface area (Å²) < 4.78 is 32.5. The van der Waals surface area contributed by atoms with E-state index < -0.39 is 13.0 Å². The van der Waals surface area contributed by atoms with Gasteiger partial charge in [-0.25, -0.2) is 18.8 Å². The lowest BCUT2D eigenvalue weighted by Gasteiger charge is -2.30. The zero-order chi connectivity index (χ0) is 23.5. The highest BCUT2D eigenvalue weighted by Gasteiger charge is 2.24. The number of hydrogen-bond acceptors (Lipinski definition) is 8. The fourth-order valence-corrected chi connectivity index (χ4v) is 3.87. The molecule has 0 unspecified atom stereocenters. The molecule has 3 heterocycles. The predicted molar refractivity (Wildman–Crippen MR) is 119 cm³/mol. The van der Waals surface area contributed by atoms with Crippen molar-refractivity contribution in [3.63, 3.8) is 0 Å². The van der Waals surface area contributed by atoms with Crippen LogP contribution in [0, 0.1) is 5.53 Å². The van der Waals surface area contributed by atoms with Gasteiger partial charge in [-0.2, -0.15) is 10.1 Å². The summed E-state index contributed by atoms with van der Waals surface area (Å²) in [4.78, 5) is 17.9. The Kier molecular flexibility index (Phi) is 6.33. The third kappa shape index (κ3) is 4.69. The summed E-state index contributed by atoms with van der Waals surface area (Å²) in [7, 11) is 3.27. The molecule has 0 aliphatic carbocycles.